The van der Waals surface area contributed by atoms with Crippen molar-refractivity contribution in [2.24, 2.45) is 0 Å². The van der Waals surface area contributed by atoms with Crippen molar-refractivity contribution in [3.8, 4) is 0 Å². The van der Waals surface area contributed by atoms with Gasteiger partial charge in [-0.15, -0.1) is 0 Å². The molecule has 85 heavy (non-hydrogen) atoms. The Morgan fingerprint density at radius 2 is 0.624 bits per heavy atom. The zero-order valence-electron chi connectivity index (χ0n) is 52.8. The minimum Gasteiger partial charge on any atom is -0.463 e. The summed E-state index contributed by atoms with van der Waals surface area (Å²) in [6.07, 6.45) is 64.6. The number of aliphatic hydroxyl groups is 2. The van der Waals surface area contributed by atoms with Gasteiger partial charge in [0.15, 0.2) is 6.10 Å². The maximum absolute atomic E-state index is 12.9. The van der Waals surface area contributed by atoms with Crippen molar-refractivity contribution in [2.45, 2.75) is 270 Å². The number of aliphatic hydroxyl groups excluding tert-OH is 2. The molecule has 0 bridgehead atoms. The van der Waals surface area contributed by atoms with Crippen LogP contribution in [-0.2, 0) is 55.8 Å². The summed E-state index contributed by atoms with van der Waals surface area (Å²) in [5.41, 5.74) is 0. The summed E-state index contributed by atoms with van der Waals surface area (Å²) in [6.45, 7) is 2.37. The number of esters is 3. The van der Waals surface area contributed by atoms with Gasteiger partial charge in [0.2, 0.25) is 0 Å². The van der Waals surface area contributed by atoms with E-state index < -0.39 is 91.5 Å². The van der Waals surface area contributed by atoms with Crippen LogP contribution in [0.3, 0.4) is 0 Å². The van der Waals surface area contributed by atoms with Crippen LogP contribution in [0.1, 0.15) is 252 Å². The maximum atomic E-state index is 12.9. The molecule has 490 valence electrons. The van der Waals surface area contributed by atoms with E-state index in [1.165, 1.54) is 19.3 Å². The average Bonchev–Trinajstić information content (AvgIpc) is 3.48. The average molecular weight is 1240 g/mol. The summed E-state index contributed by atoms with van der Waals surface area (Å²) >= 11 is 0. The normalized spacial score (nSPS) is 15.0. The molecule has 0 rings (SSSR count). The lowest BCUT2D eigenvalue weighted by molar-refractivity contribution is -0.161. The molecule has 4 N–H and O–H groups in total. The predicted octanol–water partition coefficient (Wildman–Crippen LogP) is 17.5. The first-order valence-electron chi connectivity index (χ1n) is 32.5. The van der Waals surface area contributed by atoms with Crippen molar-refractivity contribution >= 4 is 33.6 Å². The third-order valence-electron chi connectivity index (χ3n) is 13.3. The van der Waals surface area contributed by atoms with Crippen molar-refractivity contribution in [1.29, 1.82) is 0 Å². The van der Waals surface area contributed by atoms with Crippen LogP contribution < -0.4 is 0 Å². The molecule has 0 aliphatic heterocycles. The van der Waals surface area contributed by atoms with Crippen LogP contribution >= 0.6 is 15.6 Å². The molecule has 18 heteroatoms. The maximum Gasteiger partial charge on any atom is 0.472 e. The molecule has 0 aliphatic carbocycles. The van der Waals surface area contributed by atoms with Gasteiger partial charge >= 0.3 is 33.6 Å². The van der Waals surface area contributed by atoms with E-state index in [9.17, 15) is 43.5 Å². The molecule has 0 fully saturated rings. The summed E-state index contributed by atoms with van der Waals surface area (Å²) in [6, 6.07) is 0. The highest BCUT2D eigenvalue weighted by Crippen LogP contribution is 2.45. The fourth-order valence-electron chi connectivity index (χ4n) is 8.33. The lowest BCUT2D eigenvalue weighted by atomic mass is 10.1. The van der Waals surface area contributed by atoms with Gasteiger partial charge in [0.25, 0.3) is 0 Å². The number of phosphoric ester groups is 2. The van der Waals surface area contributed by atoms with Gasteiger partial charge in [-0.25, -0.2) is 9.13 Å². The summed E-state index contributed by atoms with van der Waals surface area (Å²) in [7, 11) is -9.78. The van der Waals surface area contributed by atoms with E-state index in [1.54, 1.807) is 0 Å². The van der Waals surface area contributed by atoms with Crippen LogP contribution in [0.25, 0.3) is 0 Å². The Balaban J connectivity index is 4.72. The molecule has 0 saturated carbocycles. The predicted molar refractivity (Wildman–Crippen MR) is 344 cm³/mol. The van der Waals surface area contributed by atoms with Gasteiger partial charge in [0.05, 0.1) is 26.4 Å². The van der Waals surface area contributed by atoms with Crippen LogP contribution in [0.4, 0.5) is 0 Å². The first-order chi connectivity index (χ1) is 41.2. The minimum absolute atomic E-state index is 0.0850. The Kier molecular flexibility index (Phi) is 58.2. The second kappa shape index (κ2) is 60.7. The van der Waals surface area contributed by atoms with E-state index in [1.807, 2.05) is 0 Å². The molecule has 0 aromatic rings. The molecule has 0 spiro atoms. The first kappa shape index (κ1) is 81.5. The van der Waals surface area contributed by atoms with Gasteiger partial charge in [0, 0.05) is 19.3 Å². The molecule has 0 aromatic heterocycles. The highest BCUT2D eigenvalue weighted by atomic mass is 31.2. The third-order valence-corrected chi connectivity index (χ3v) is 15.2. The monoisotopic (exact) mass is 1240 g/mol. The van der Waals surface area contributed by atoms with E-state index in [0.29, 0.717) is 19.3 Å². The number of hydrogen-bond acceptors (Lipinski definition) is 14. The van der Waals surface area contributed by atoms with Crippen molar-refractivity contribution < 1.29 is 75.8 Å². The zero-order valence-corrected chi connectivity index (χ0v) is 54.5. The smallest absolute Gasteiger partial charge is 0.463 e. The Hall–Kier alpha value is -3.53. The first-order valence-corrected chi connectivity index (χ1v) is 35.5. The second-order valence-corrected chi connectivity index (χ2v) is 24.4. The van der Waals surface area contributed by atoms with Gasteiger partial charge in [-0.1, -0.05) is 214 Å². The molecule has 0 radical (unpaired) electrons. The number of rotatable bonds is 61. The van der Waals surface area contributed by atoms with Crippen LogP contribution in [0.5, 0.6) is 0 Å². The quantitative estimate of drug-likeness (QED) is 0.0146. The molecule has 0 aliphatic rings. The second-order valence-electron chi connectivity index (χ2n) is 21.5. The van der Waals surface area contributed by atoms with Crippen LogP contribution in [0.15, 0.2) is 97.2 Å². The summed E-state index contributed by atoms with van der Waals surface area (Å²) in [5.74, 6) is -1.61. The SMILES string of the molecule is CC/C=C\C/C=C\C/C=C\CCCCCCCCCC(=O)OCC(O)COP(=O)(O)OCC(O)COP(=O)(O)OCC(COC(=O)CCCCCCCCC/C=C\C/C=C\C/C=C\CC)OC(=O)CCCCCCC/C=C\C/C=C\CCCCC. The number of allylic oxidation sites excluding steroid dienone is 16. The van der Waals surface area contributed by atoms with Crippen molar-refractivity contribution in [3.05, 3.63) is 97.2 Å². The number of unbranched alkanes of at least 4 members (excludes halogenated alkanes) is 22. The molecule has 0 heterocycles. The van der Waals surface area contributed by atoms with Gasteiger partial charge in [-0.05, 0) is 116 Å². The Labute approximate surface area is 514 Å². The van der Waals surface area contributed by atoms with Crippen LogP contribution in [0.2, 0.25) is 0 Å². The van der Waals surface area contributed by atoms with E-state index in [4.69, 9.17) is 32.3 Å². The van der Waals surface area contributed by atoms with E-state index in [-0.39, 0.29) is 19.3 Å². The fourth-order valence-corrected chi connectivity index (χ4v) is 9.92. The summed E-state index contributed by atoms with van der Waals surface area (Å²) in [4.78, 5) is 58.3. The molecule has 5 atom stereocenters. The number of carbonyl (C=O) groups is 3. The lowest BCUT2D eigenvalue weighted by Gasteiger charge is -2.21. The molecular weight excluding hydrogens is 1120 g/mol. The largest absolute Gasteiger partial charge is 0.472 e. The standard InChI is InChI=1S/C67H116O16P2/c1-4-7-10-13-16-19-22-25-28-30-33-35-38-41-44-47-50-53-65(70)77-56-62(68)57-79-84(73,74)80-58-63(69)59-81-85(75,76)82-61-64(83-67(72)55-52-49-46-43-40-37-32-27-24-21-18-15-12-9-6-3)60-78-66(71)54-51-48-45-42-39-36-34-31-29-26-23-20-17-14-11-8-5-2/h7-8,10-11,16-21,25-29,32,62-64,68-69H,4-6,9,12-15,22-24,30-31,33-61H2,1-3H3,(H,73,74)(H,75,76)/b10-7-,11-8-,19-16-,20-17-,21-18-,28-25-,29-26-,32-27-. The lowest BCUT2D eigenvalue weighted by Crippen LogP contribution is -2.30. The number of ether oxygens (including phenoxy) is 3. The van der Waals surface area contributed by atoms with Gasteiger partial charge in [-0.2, -0.15) is 0 Å². The Bertz CT molecular complexity index is 1940. The van der Waals surface area contributed by atoms with E-state index >= 15 is 0 Å². The van der Waals surface area contributed by atoms with Gasteiger partial charge in [-0.3, -0.25) is 32.5 Å². The van der Waals surface area contributed by atoms with E-state index in [2.05, 4.69) is 118 Å². The highest BCUT2D eigenvalue weighted by Gasteiger charge is 2.29. The number of carbonyl (C=O) groups excluding carboxylic acids is 3. The summed E-state index contributed by atoms with van der Waals surface area (Å²) in [5, 5.41) is 20.5. The Morgan fingerprint density at radius 1 is 0.341 bits per heavy atom. The molecule has 16 nitrogen and oxygen atoms in total. The molecule has 0 amide bonds. The van der Waals surface area contributed by atoms with Crippen LogP contribution in [0, 0.1) is 0 Å². The topological polar surface area (TPSA) is 231 Å². The van der Waals surface area contributed by atoms with E-state index in [0.717, 1.165) is 173 Å². The minimum atomic E-state index is -4.93. The van der Waals surface area contributed by atoms with Crippen molar-refractivity contribution in [2.75, 3.05) is 39.6 Å². The van der Waals surface area contributed by atoms with Gasteiger partial charge in [0.1, 0.15) is 25.4 Å². The highest BCUT2D eigenvalue weighted by molar-refractivity contribution is 7.47. The van der Waals surface area contributed by atoms with Gasteiger partial charge < -0.3 is 34.2 Å². The fraction of sp³-hybridized carbons (Fsp3) is 0.716. The molecular formula is C67H116O16P2. The number of phosphoric acid groups is 2. The number of hydrogen-bond donors (Lipinski definition) is 4. The molecule has 5 unspecified atom stereocenters. The van der Waals surface area contributed by atoms with Crippen molar-refractivity contribution in [1.82, 2.24) is 0 Å². The molecule has 0 aromatic carbocycles. The Morgan fingerprint density at radius 3 is 0.988 bits per heavy atom. The zero-order chi connectivity index (χ0) is 62.4. The third kappa shape index (κ3) is 61.9. The summed E-state index contributed by atoms with van der Waals surface area (Å²) < 4.78 is 60.8. The van der Waals surface area contributed by atoms with Crippen molar-refractivity contribution in [3.63, 3.8) is 0 Å². The van der Waals surface area contributed by atoms with Crippen LogP contribution in [-0.4, -0.2) is 95.9 Å². The molecule has 0 saturated heterocycles.